The largest absolute Gasteiger partial charge is 0.395 e. The molecule has 3 heteroatoms. The van der Waals surface area contributed by atoms with Crippen molar-refractivity contribution in [3.05, 3.63) is 11.6 Å². The minimum atomic E-state index is -0.237. The molecular formula is C8H12O3. The molecule has 1 aliphatic heterocycles. The third-order valence-corrected chi connectivity index (χ3v) is 2.71. The zero-order chi connectivity index (χ0) is 7.90. The SMILES string of the molecule is OCC1=CC2CC1(CO)CO2. The van der Waals surface area contributed by atoms with Crippen LogP contribution in [0.3, 0.4) is 0 Å². The minimum Gasteiger partial charge on any atom is -0.395 e. The van der Waals surface area contributed by atoms with Gasteiger partial charge in [0, 0.05) is 5.41 Å². The van der Waals surface area contributed by atoms with Crippen LogP contribution in [-0.2, 0) is 4.74 Å². The molecule has 0 aromatic heterocycles. The first-order chi connectivity index (χ1) is 5.30. The quantitative estimate of drug-likeness (QED) is 0.539. The molecule has 2 atom stereocenters. The second-order valence-electron chi connectivity index (χ2n) is 3.34. The van der Waals surface area contributed by atoms with E-state index in [2.05, 4.69) is 0 Å². The van der Waals surface area contributed by atoms with Crippen LogP contribution in [0.25, 0.3) is 0 Å². The molecule has 0 aromatic carbocycles. The summed E-state index contributed by atoms with van der Waals surface area (Å²) < 4.78 is 5.33. The van der Waals surface area contributed by atoms with Gasteiger partial charge in [-0.3, -0.25) is 0 Å². The molecule has 1 saturated heterocycles. The molecule has 2 bridgehead atoms. The van der Waals surface area contributed by atoms with Crippen molar-refractivity contribution in [3.8, 4) is 0 Å². The summed E-state index contributed by atoms with van der Waals surface area (Å²) in [6.45, 7) is 0.719. The topological polar surface area (TPSA) is 49.7 Å². The van der Waals surface area contributed by atoms with E-state index in [4.69, 9.17) is 14.9 Å². The third kappa shape index (κ3) is 0.851. The van der Waals surface area contributed by atoms with Crippen LogP contribution in [0.2, 0.25) is 0 Å². The number of ether oxygens (including phenoxy) is 1. The highest BCUT2D eigenvalue weighted by molar-refractivity contribution is 5.27. The van der Waals surface area contributed by atoms with Gasteiger partial charge in [-0.25, -0.2) is 0 Å². The summed E-state index contributed by atoms with van der Waals surface area (Å²) in [5.74, 6) is 0. The predicted molar refractivity (Wildman–Crippen MR) is 39.0 cm³/mol. The maximum atomic E-state index is 9.11. The molecule has 1 heterocycles. The Morgan fingerprint density at radius 1 is 1.64 bits per heavy atom. The smallest absolute Gasteiger partial charge is 0.0770 e. The highest BCUT2D eigenvalue weighted by atomic mass is 16.5. The van der Waals surface area contributed by atoms with Crippen LogP contribution in [-0.4, -0.2) is 36.1 Å². The zero-order valence-corrected chi connectivity index (χ0v) is 6.29. The van der Waals surface area contributed by atoms with E-state index in [0.717, 1.165) is 12.0 Å². The van der Waals surface area contributed by atoms with E-state index in [1.807, 2.05) is 6.08 Å². The molecule has 0 aromatic rings. The number of rotatable bonds is 2. The van der Waals surface area contributed by atoms with Gasteiger partial charge in [0.25, 0.3) is 0 Å². The molecule has 11 heavy (non-hydrogen) atoms. The average molecular weight is 156 g/mol. The van der Waals surface area contributed by atoms with Crippen molar-refractivity contribution >= 4 is 0 Å². The summed E-state index contributed by atoms with van der Waals surface area (Å²) in [7, 11) is 0. The number of aliphatic hydroxyl groups excluding tert-OH is 2. The Balaban J connectivity index is 2.27. The maximum absolute atomic E-state index is 9.11. The highest BCUT2D eigenvalue weighted by Gasteiger charge is 2.46. The molecule has 1 fully saturated rings. The number of hydrogen-bond acceptors (Lipinski definition) is 3. The fourth-order valence-electron chi connectivity index (χ4n) is 1.93. The molecular weight excluding hydrogens is 144 g/mol. The van der Waals surface area contributed by atoms with Crippen molar-refractivity contribution in [3.63, 3.8) is 0 Å². The molecule has 3 nitrogen and oxygen atoms in total. The maximum Gasteiger partial charge on any atom is 0.0770 e. The van der Waals surface area contributed by atoms with Gasteiger partial charge in [0.2, 0.25) is 0 Å². The van der Waals surface area contributed by atoms with Gasteiger partial charge in [-0.1, -0.05) is 6.08 Å². The molecule has 2 N–H and O–H groups in total. The van der Waals surface area contributed by atoms with Crippen molar-refractivity contribution in [1.82, 2.24) is 0 Å². The van der Waals surface area contributed by atoms with E-state index in [1.165, 1.54) is 0 Å². The summed E-state index contributed by atoms with van der Waals surface area (Å²) in [6, 6.07) is 0. The van der Waals surface area contributed by atoms with E-state index in [-0.39, 0.29) is 24.7 Å². The first kappa shape index (κ1) is 7.28. The van der Waals surface area contributed by atoms with Gasteiger partial charge in [0.15, 0.2) is 0 Å². The Morgan fingerprint density at radius 2 is 2.45 bits per heavy atom. The van der Waals surface area contributed by atoms with E-state index in [9.17, 15) is 0 Å². The van der Waals surface area contributed by atoms with Crippen molar-refractivity contribution in [1.29, 1.82) is 0 Å². The van der Waals surface area contributed by atoms with Crippen molar-refractivity contribution in [2.45, 2.75) is 12.5 Å². The van der Waals surface area contributed by atoms with Gasteiger partial charge in [-0.15, -0.1) is 0 Å². The van der Waals surface area contributed by atoms with E-state index in [1.54, 1.807) is 0 Å². The second kappa shape index (κ2) is 2.30. The van der Waals surface area contributed by atoms with Gasteiger partial charge in [0.05, 0.1) is 25.9 Å². The van der Waals surface area contributed by atoms with Gasteiger partial charge in [-0.05, 0) is 12.0 Å². The normalized spacial score (nSPS) is 41.3. The Labute approximate surface area is 65.3 Å². The summed E-state index contributed by atoms with van der Waals surface area (Å²) in [5, 5.41) is 18.1. The Bertz CT molecular complexity index is 200. The van der Waals surface area contributed by atoms with Gasteiger partial charge >= 0.3 is 0 Å². The fourth-order valence-corrected chi connectivity index (χ4v) is 1.93. The Hall–Kier alpha value is -0.380. The summed E-state index contributed by atoms with van der Waals surface area (Å²) in [4.78, 5) is 0. The van der Waals surface area contributed by atoms with Crippen LogP contribution < -0.4 is 0 Å². The lowest BCUT2D eigenvalue weighted by molar-refractivity contribution is 0.0807. The van der Waals surface area contributed by atoms with Crippen LogP contribution in [0.5, 0.6) is 0 Å². The molecule has 0 amide bonds. The van der Waals surface area contributed by atoms with E-state index >= 15 is 0 Å². The van der Waals surface area contributed by atoms with E-state index in [0.29, 0.717) is 6.61 Å². The summed E-state index contributed by atoms with van der Waals surface area (Å²) in [5.41, 5.74) is 0.718. The van der Waals surface area contributed by atoms with Crippen LogP contribution in [0.1, 0.15) is 6.42 Å². The van der Waals surface area contributed by atoms with Gasteiger partial charge in [-0.2, -0.15) is 0 Å². The Kier molecular flexibility index (Phi) is 1.52. The second-order valence-corrected chi connectivity index (χ2v) is 3.34. The van der Waals surface area contributed by atoms with E-state index < -0.39 is 0 Å². The molecule has 1 aliphatic carbocycles. The molecule has 0 radical (unpaired) electrons. The van der Waals surface area contributed by atoms with Crippen LogP contribution >= 0.6 is 0 Å². The minimum absolute atomic E-state index is 0.0560. The Morgan fingerprint density at radius 3 is 2.91 bits per heavy atom. The molecule has 62 valence electrons. The molecule has 0 saturated carbocycles. The summed E-state index contributed by atoms with van der Waals surface area (Å²) >= 11 is 0. The lowest BCUT2D eigenvalue weighted by Crippen LogP contribution is -2.28. The van der Waals surface area contributed by atoms with Crippen molar-refractivity contribution in [2.24, 2.45) is 5.41 Å². The van der Waals surface area contributed by atoms with Crippen LogP contribution in [0.4, 0.5) is 0 Å². The molecule has 2 aliphatic rings. The molecule has 2 rings (SSSR count). The highest BCUT2D eigenvalue weighted by Crippen LogP contribution is 2.45. The van der Waals surface area contributed by atoms with Crippen molar-refractivity contribution in [2.75, 3.05) is 19.8 Å². The first-order valence-electron chi connectivity index (χ1n) is 3.85. The standard InChI is InChI=1S/C8H12O3/c9-3-6-1-7-2-8(6,4-10)5-11-7/h1,7,9-10H,2-5H2. The third-order valence-electron chi connectivity index (χ3n) is 2.71. The van der Waals surface area contributed by atoms with Gasteiger partial charge in [0.1, 0.15) is 0 Å². The number of fused-ring (bicyclic) bond motifs is 2. The zero-order valence-electron chi connectivity index (χ0n) is 6.29. The summed E-state index contributed by atoms with van der Waals surface area (Å²) in [6.07, 6.45) is 2.92. The predicted octanol–water partition coefficient (Wildman–Crippen LogP) is -0.314. The fraction of sp³-hybridized carbons (Fsp3) is 0.750. The lowest BCUT2D eigenvalue weighted by Gasteiger charge is -2.25. The lowest BCUT2D eigenvalue weighted by atomic mass is 9.84. The van der Waals surface area contributed by atoms with Crippen molar-refractivity contribution < 1.29 is 14.9 Å². The average Bonchev–Trinajstić information content (AvgIpc) is 2.60. The number of aliphatic hydroxyl groups is 2. The molecule has 2 unspecified atom stereocenters. The van der Waals surface area contributed by atoms with Gasteiger partial charge < -0.3 is 14.9 Å². The van der Waals surface area contributed by atoms with Crippen LogP contribution in [0, 0.1) is 5.41 Å². The van der Waals surface area contributed by atoms with Crippen LogP contribution in [0.15, 0.2) is 11.6 Å². The molecule has 0 spiro atoms. The first-order valence-corrected chi connectivity index (χ1v) is 3.85. The number of hydrogen-bond donors (Lipinski definition) is 2. The monoisotopic (exact) mass is 156 g/mol.